The Balaban J connectivity index is 2.12. The number of nitrogens with zero attached hydrogens (tertiary/aromatic N) is 1. The predicted molar refractivity (Wildman–Crippen MR) is 54.4 cm³/mol. The summed E-state index contributed by atoms with van der Waals surface area (Å²) in [5.74, 6) is 0. The van der Waals surface area contributed by atoms with Gasteiger partial charge in [-0.3, -0.25) is 0 Å². The third-order valence-corrected chi connectivity index (χ3v) is 2.41. The monoisotopic (exact) mass is 208 g/mol. The molecular formula is C10H9ClN2O. The molecule has 0 unspecified atom stereocenters. The molecule has 1 fully saturated rings. The highest BCUT2D eigenvalue weighted by Crippen LogP contribution is 2.21. The van der Waals surface area contributed by atoms with Crippen molar-refractivity contribution in [1.82, 2.24) is 0 Å². The van der Waals surface area contributed by atoms with Crippen LogP contribution in [0.3, 0.4) is 0 Å². The van der Waals surface area contributed by atoms with Crippen molar-refractivity contribution in [2.75, 3.05) is 18.5 Å². The van der Waals surface area contributed by atoms with E-state index in [1.807, 2.05) is 12.1 Å². The molecule has 1 aromatic rings. The molecule has 1 N–H and O–H groups in total. The average Bonchev–Trinajstić information content (AvgIpc) is 2.12. The van der Waals surface area contributed by atoms with Gasteiger partial charge < -0.3 is 10.1 Å². The van der Waals surface area contributed by atoms with Crippen LogP contribution in [0.5, 0.6) is 0 Å². The molecule has 0 radical (unpaired) electrons. The summed E-state index contributed by atoms with van der Waals surface area (Å²) in [7, 11) is 0. The molecule has 14 heavy (non-hydrogen) atoms. The van der Waals surface area contributed by atoms with E-state index in [-0.39, 0.29) is 0 Å². The molecule has 1 heterocycles. The van der Waals surface area contributed by atoms with Crippen LogP contribution in [-0.2, 0) is 4.74 Å². The molecule has 0 saturated carbocycles. The fourth-order valence-electron chi connectivity index (χ4n) is 1.25. The fraction of sp³-hybridized carbons (Fsp3) is 0.300. The van der Waals surface area contributed by atoms with Crippen molar-refractivity contribution in [3.05, 3.63) is 28.8 Å². The van der Waals surface area contributed by atoms with Gasteiger partial charge in [0.1, 0.15) is 6.07 Å². The lowest BCUT2D eigenvalue weighted by Gasteiger charge is -2.27. The van der Waals surface area contributed by atoms with Gasteiger partial charge in [0.2, 0.25) is 0 Å². The molecule has 1 saturated heterocycles. The van der Waals surface area contributed by atoms with E-state index in [1.165, 1.54) is 0 Å². The number of nitrogens with one attached hydrogen (secondary N) is 1. The van der Waals surface area contributed by atoms with Crippen LogP contribution in [0.4, 0.5) is 5.69 Å². The minimum Gasteiger partial charge on any atom is -0.378 e. The number of halogens is 1. The van der Waals surface area contributed by atoms with Gasteiger partial charge in [0.05, 0.1) is 29.8 Å². The highest BCUT2D eigenvalue weighted by molar-refractivity contribution is 6.32. The summed E-state index contributed by atoms with van der Waals surface area (Å²) in [4.78, 5) is 0. The highest BCUT2D eigenvalue weighted by atomic mass is 35.5. The molecule has 72 valence electrons. The van der Waals surface area contributed by atoms with Crippen molar-refractivity contribution >= 4 is 17.3 Å². The van der Waals surface area contributed by atoms with Crippen LogP contribution < -0.4 is 5.32 Å². The second kappa shape index (κ2) is 3.87. The number of nitriles is 1. The third-order valence-electron chi connectivity index (χ3n) is 2.10. The predicted octanol–water partition coefficient (Wildman–Crippen LogP) is 2.02. The van der Waals surface area contributed by atoms with E-state index < -0.39 is 0 Å². The molecule has 4 heteroatoms. The Morgan fingerprint density at radius 2 is 2.29 bits per heavy atom. The van der Waals surface area contributed by atoms with Gasteiger partial charge in [-0.05, 0) is 18.2 Å². The maximum Gasteiger partial charge on any atom is 0.101 e. The minimum atomic E-state index is 0.374. The Morgan fingerprint density at radius 3 is 2.79 bits per heavy atom. The van der Waals surface area contributed by atoms with Crippen molar-refractivity contribution in [3.8, 4) is 6.07 Å². The lowest BCUT2D eigenvalue weighted by Crippen LogP contribution is -2.40. The summed E-state index contributed by atoms with van der Waals surface area (Å²) in [6, 6.07) is 7.72. The molecular weight excluding hydrogens is 200 g/mol. The lowest BCUT2D eigenvalue weighted by molar-refractivity contribution is 0.0211. The van der Waals surface area contributed by atoms with E-state index >= 15 is 0 Å². The van der Waals surface area contributed by atoms with Gasteiger partial charge in [0, 0.05) is 5.69 Å². The SMILES string of the molecule is N#Cc1ccc(NC2COC2)cc1Cl. The summed E-state index contributed by atoms with van der Waals surface area (Å²) >= 11 is 5.88. The first-order valence-corrected chi connectivity index (χ1v) is 4.71. The van der Waals surface area contributed by atoms with Gasteiger partial charge >= 0.3 is 0 Å². The quantitative estimate of drug-likeness (QED) is 0.809. The van der Waals surface area contributed by atoms with Crippen LogP contribution in [0.1, 0.15) is 5.56 Å². The Labute approximate surface area is 87.2 Å². The first kappa shape index (κ1) is 9.32. The number of ether oxygens (including phenoxy) is 1. The van der Waals surface area contributed by atoms with E-state index in [0.29, 0.717) is 16.6 Å². The average molecular weight is 209 g/mol. The molecule has 1 aliphatic rings. The maximum atomic E-state index is 8.67. The number of rotatable bonds is 2. The summed E-state index contributed by atoms with van der Waals surface area (Å²) in [5, 5.41) is 12.4. The largest absolute Gasteiger partial charge is 0.378 e. The molecule has 0 amide bonds. The van der Waals surface area contributed by atoms with E-state index in [9.17, 15) is 0 Å². The first-order valence-electron chi connectivity index (χ1n) is 4.33. The second-order valence-electron chi connectivity index (χ2n) is 3.19. The Hall–Kier alpha value is -1.24. The van der Waals surface area contributed by atoms with Gasteiger partial charge in [-0.2, -0.15) is 5.26 Å². The van der Waals surface area contributed by atoms with Gasteiger partial charge in [0.15, 0.2) is 0 Å². The van der Waals surface area contributed by atoms with E-state index in [1.54, 1.807) is 12.1 Å². The molecule has 0 atom stereocenters. The smallest absolute Gasteiger partial charge is 0.101 e. The second-order valence-corrected chi connectivity index (χ2v) is 3.59. The summed E-state index contributed by atoms with van der Waals surface area (Å²) in [6.45, 7) is 1.47. The van der Waals surface area contributed by atoms with Crippen molar-refractivity contribution < 1.29 is 4.74 Å². The van der Waals surface area contributed by atoms with E-state index in [2.05, 4.69) is 5.32 Å². The molecule has 0 bridgehead atoms. The van der Waals surface area contributed by atoms with Crippen LogP contribution in [0.2, 0.25) is 5.02 Å². The van der Waals surface area contributed by atoms with Gasteiger partial charge in [-0.25, -0.2) is 0 Å². The molecule has 1 aromatic carbocycles. The van der Waals surface area contributed by atoms with Crippen molar-refractivity contribution in [2.24, 2.45) is 0 Å². The molecule has 0 spiro atoms. The van der Waals surface area contributed by atoms with Gasteiger partial charge in [0.25, 0.3) is 0 Å². The Kier molecular flexibility index (Phi) is 2.58. The standard InChI is InChI=1S/C10H9ClN2O/c11-10-3-8(2-1-7(10)4-12)13-9-5-14-6-9/h1-3,9,13H,5-6H2. The zero-order chi connectivity index (χ0) is 9.97. The molecule has 1 aliphatic heterocycles. The normalized spacial score (nSPS) is 15.7. The zero-order valence-electron chi connectivity index (χ0n) is 7.46. The van der Waals surface area contributed by atoms with Gasteiger partial charge in [-0.15, -0.1) is 0 Å². The van der Waals surface area contributed by atoms with Crippen LogP contribution in [0.25, 0.3) is 0 Å². The van der Waals surface area contributed by atoms with Crippen LogP contribution in [-0.4, -0.2) is 19.3 Å². The van der Waals surface area contributed by atoms with Crippen LogP contribution >= 0.6 is 11.6 Å². The minimum absolute atomic E-state index is 0.374. The van der Waals surface area contributed by atoms with Crippen LogP contribution in [0, 0.1) is 11.3 Å². The summed E-state index contributed by atoms with van der Waals surface area (Å²) in [5.41, 5.74) is 1.43. The Bertz CT molecular complexity index is 382. The number of benzene rings is 1. The topological polar surface area (TPSA) is 45.0 Å². The van der Waals surface area contributed by atoms with Crippen LogP contribution in [0.15, 0.2) is 18.2 Å². The summed E-state index contributed by atoms with van der Waals surface area (Å²) < 4.78 is 5.03. The van der Waals surface area contributed by atoms with Gasteiger partial charge in [-0.1, -0.05) is 11.6 Å². The van der Waals surface area contributed by atoms with E-state index in [0.717, 1.165) is 18.9 Å². The first-order chi connectivity index (χ1) is 6.79. The van der Waals surface area contributed by atoms with Crippen molar-refractivity contribution in [3.63, 3.8) is 0 Å². The highest BCUT2D eigenvalue weighted by Gasteiger charge is 2.17. The number of anilines is 1. The molecule has 0 aromatic heterocycles. The maximum absolute atomic E-state index is 8.67. The third kappa shape index (κ3) is 1.82. The molecule has 3 nitrogen and oxygen atoms in total. The fourth-order valence-corrected chi connectivity index (χ4v) is 1.47. The summed E-state index contributed by atoms with van der Waals surface area (Å²) in [6.07, 6.45) is 0. The zero-order valence-corrected chi connectivity index (χ0v) is 8.21. The number of hydrogen-bond acceptors (Lipinski definition) is 3. The Morgan fingerprint density at radius 1 is 1.50 bits per heavy atom. The van der Waals surface area contributed by atoms with E-state index in [4.69, 9.17) is 21.6 Å². The lowest BCUT2D eigenvalue weighted by atomic mass is 10.2. The number of hydrogen-bond donors (Lipinski definition) is 1. The molecule has 0 aliphatic carbocycles. The van der Waals surface area contributed by atoms with Crippen molar-refractivity contribution in [2.45, 2.75) is 6.04 Å². The van der Waals surface area contributed by atoms with Crippen molar-refractivity contribution in [1.29, 1.82) is 5.26 Å². The molecule has 2 rings (SSSR count).